The zero-order valence-electron chi connectivity index (χ0n) is 26.7. The predicted molar refractivity (Wildman–Crippen MR) is 146 cm³/mol. The average Bonchev–Trinajstić information content (AvgIpc) is 3.28. The van der Waals surface area contributed by atoms with Crippen molar-refractivity contribution in [1.29, 1.82) is 0 Å². The number of carbonyl (C=O) groups is 1. The summed E-state index contributed by atoms with van der Waals surface area (Å²) < 4.78 is 45.7. The zero-order chi connectivity index (χ0) is 29.6. The highest BCUT2D eigenvalue weighted by Gasteiger charge is 2.23. The highest BCUT2D eigenvalue weighted by atomic mass is 16.4. The number of likely N-dealkylation sites (N-methyl/N-ethyl adjacent to an activating group) is 1. The van der Waals surface area contributed by atoms with Crippen LogP contribution in [-0.2, 0) is 11.2 Å². The molecule has 0 aliphatic heterocycles. The number of hydrogen-bond acceptors (Lipinski definition) is 2. The van der Waals surface area contributed by atoms with Gasteiger partial charge in [-0.1, -0.05) is 75.5 Å². The normalized spacial score (nSPS) is 16.4. The number of aromatic nitrogens is 1. The lowest BCUT2D eigenvalue weighted by Gasteiger charge is -2.16. The number of nitrogens with zero attached hydrogens (tertiary/aromatic N) is 1. The minimum Gasteiger partial charge on any atom is -0.481 e. The van der Waals surface area contributed by atoms with Gasteiger partial charge in [0.15, 0.2) is 0 Å². The highest BCUT2D eigenvalue weighted by Crippen LogP contribution is 2.32. The Morgan fingerprint density at radius 2 is 1.79 bits per heavy atom. The van der Waals surface area contributed by atoms with E-state index in [1.54, 1.807) is 6.20 Å². The van der Waals surface area contributed by atoms with Gasteiger partial charge >= 0.3 is 5.97 Å². The number of nitrogens with one attached hydrogen (secondary N) is 1. The lowest BCUT2D eigenvalue weighted by molar-refractivity contribution is -0.139. The first-order valence-corrected chi connectivity index (χ1v) is 12.9. The van der Waals surface area contributed by atoms with Crippen LogP contribution >= 0.6 is 0 Å². The quantitative estimate of drug-likeness (QED) is 0.171. The van der Waals surface area contributed by atoms with Crippen LogP contribution in [0.1, 0.15) is 103 Å². The van der Waals surface area contributed by atoms with Gasteiger partial charge in [-0.15, -0.1) is 0 Å². The van der Waals surface area contributed by atoms with Crippen molar-refractivity contribution in [2.75, 3.05) is 20.5 Å². The number of allylic oxidation sites excluding steroid dienone is 4. The summed E-state index contributed by atoms with van der Waals surface area (Å²) in [4.78, 5) is 16.0. The SMILES string of the molecule is [2H]C([2H])([2H])N(CCc1c[nH]c2cccc(C(CCCCCC/C=C\C/C=C\CCCCC)C(=O)O)c12)C([2H])([2H])[2H]. The van der Waals surface area contributed by atoms with Gasteiger partial charge in [0.05, 0.1) is 5.92 Å². The van der Waals surface area contributed by atoms with Crippen LogP contribution in [0, 0.1) is 0 Å². The molecule has 1 atom stereocenters. The van der Waals surface area contributed by atoms with Crippen LogP contribution in [-0.4, -0.2) is 41.5 Å². The molecule has 1 aromatic carbocycles. The Bertz CT molecular complexity index is 1070. The fourth-order valence-corrected chi connectivity index (χ4v) is 4.40. The van der Waals surface area contributed by atoms with Crippen LogP contribution in [0.2, 0.25) is 0 Å². The number of aliphatic carboxylic acids is 1. The van der Waals surface area contributed by atoms with Crippen molar-refractivity contribution >= 4 is 16.9 Å². The summed E-state index contributed by atoms with van der Waals surface area (Å²) in [7, 11) is 0. The fourth-order valence-electron chi connectivity index (χ4n) is 4.40. The lowest BCUT2D eigenvalue weighted by atomic mass is 9.89. The molecule has 0 aliphatic rings. The molecule has 0 spiro atoms. The molecule has 0 amide bonds. The van der Waals surface area contributed by atoms with E-state index in [0.29, 0.717) is 16.9 Å². The molecule has 0 fully saturated rings. The second-order valence-corrected chi connectivity index (χ2v) is 9.04. The molecule has 0 aliphatic carbocycles. The molecule has 1 aromatic heterocycles. The van der Waals surface area contributed by atoms with Crippen LogP contribution in [0.4, 0.5) is 0 Å². The molecule has 2 aromatic rings. The van der Waals surface area contributed by atoms with Crippen LogP contribution in [0.5, 0.6) is 0 Å². The first-order valence-electron chi connectivity index (χ1n) is 15.9. The Labute approximate surface area is 215 Å². The highest BCUT2D eigenvalue weighted by molar-refractivity contribution is 5.91. The molecule has 188 valence electrons. The van der Waals surface area contributed by atoms with Gasteiger partial charge in [0.1, 0.15) is 0 Å². The Morgan fingerprint density at radius 1 is 1.06 bits per heavy atom. The van der Waals surface area contributed by atoms with Crippen molar-refractivity contribution in [1.82, 2.24) is 9.88 Å². The minimum atomic E-state index is -2.76. The summed E-state index contributed by atoms with van der Waals surface area (Å²) in [5.74, 6) is -1.58. The number of aromatic amines is 1. The third-order valence-corrected chi connectivity index (χ3v) is 6.29. The monoisotopic (exact) mass is 472 g/mol. The van der Waals surface area contributed by atoms with Gasteiger partial charge in [-0.05, 0) is 76.1 Å². The van der Waals surface area contributed by atoms with Crippen molar-refractivity contribution in [3.63, 3.8) is 0 Å². The van der Waals surface area contributed by atoms with Crippen molar-refractivity contribution in [3.05, 3.63) is 59.8 Å². The Balaban J connectivity index is 1.92. The fraction of sp³-hybridized carbons (Fsp3) is 0.567. The van der Waals surface area contributed by atoms with E-state index in [2.05, 4.69) is 36.2 Å². The Morgan fingerprint density at radius 3 is 2.50 bits per heavy atom. The molecule has 2 rings (SSSR count). The lowest BCUT2D eigenvalue weighted by Crippen LogP contribution is -2.15. The largest absolute Gasteiger partial charge is 0.481 e. The van der Waals surface area contributed by atoms with Gasteiger partial charge in [0.2, 0.25) is 0 Å². The van der Waals surface area contributed by atoms with Crippen molar-refractivity contribution in [3.8, 4) is 0 Å². The minimum absolute atomic E-state index is 0.169. The second-order valence-electron chi connectivity index (χ2n) is 9.04. The molecule has 4 heteroatoms. The van der Waals surface area contributed by atoms with Crippen molar-refractivity contribution < 1.29 is 18.1 Å². The van der Waals surface area contributed by atoms with Gasteiger partial charge in [0, 0.05) is 31.9 Å². The molecule has 0 bridgehead atoms. The van der Waals surface area contributed by atoms with Crippen molar-refractivity contribution in [2.24, 2.45) is 0 Å². The molecule has 2 N–H and O–H groups in total. The third kappa shape index (κ3) is 9.89. The summed E-state index contributed by atoms with van der Waals surface area (Å²) in [6.07, 6.45) is 22.2. The standard InChI is InChI=1S/C30H46N2O2/c1-4-5-6-7-8-9-10-11-12-13-14-15-16-17-19-27(30(33)34)26-20-18-21-28-29(26)25(24-31-28)22-23-32(2)3/h8-9,11-12,18,20-21,24,27,31H,4-7,10,13-17,19,22-23H2,1-3H3,(H,33,34)/b9-8-,12-11-/i2D3,3D3. The Kier molecular flexibility index (Phi) is 9.56. The average molecular weight is 473 g/mol. The molecular formula is C30H46N2O2. The zero-order valence-corrected chi connectivity index (χ0v) is 20.7. The number of carboxylic acids is 1. The summed E-state index contributed by atoms with van der Waals surface area (Å²) in [5.41, 5.74) is 2.16. The molecule has 0 saturated carbocycles. The maximum atomic E-state index is 12.3. The molecule has 4 nitrogen and oxygen atoms in total. The van der Waals surface area contributed by atoms with E-state index < -0.39 is 25.8 Å². The topological polar surface area (TPSA) is 56.3 Å². The molecule has 0 saturated heterocycles. The number of hydrogen-bond donors (Lipinski definition) is 2. The molecular weight excluding hydrogens is 420 g/mol. The van der Waals surface area contributed by atoms with E-state index in [9.17, 15) is 9.90 Å². The third-order valence-electron chi connectivity index (χ3n) is 6.29. The molecule has 1 unspecified atom stereocenters. The second kappa shape index (κ2) is 16.3. The van der Waals surface area contributed by atoms with Crippen LogP contribution in [0.3, 0.4) is 0 Å². The molecule has 34 heavy (non-hydrogen) atoms. The predicted octanol–water partition coefficient (Wildman–Crippen LogP) is 7.86. The number of H-pyrrole nitrogens is 1. The van der Waals surface area contributed by atoms with E-state index in [-0.39, 0.29) is 13.0 Å². The maximum Gasteiger partial charge on any atom is 0.310 e. The maximum absolute atomic E-state index is 12.3. The van der Waals surface area contributed by atoms with Gasteiger partial charge in [0.25, 0.3) is 0 Å². The van der Waals surface area contributed by atoms with E-state index in [4.69, 9.17) is 8.22 Å². The van der Waals surface area contributed by atoms with Gasteiger partial charge in [-0.25, -0.2) is 0 Å². The van der Waals surface area contributed by atoms with Gasteiger partial charge in [-0.3, -0.25) is 4.79 Å². The molecule has 0 radical (unpaired) electrons. The van der Waals surface area contributed by atoms with Crippen LogP contribution < -0.4 is 0 Å². The first-order chi connectivity index (χ1) is 19.0. The summed E-state index contributed by atoms with van der Waals surface area (Å²) >= 11 is 0. The van der Waals surface area contributed by atoms with Gasteiger partial charge in [-0.2, -0.15) is 0 Å². The number of benzene rings is 1. The number of carboxylic acid groups (broad SMARTS) is 1. The number of fused-ring (bicyclic) bond motifs is 1. The Hall–Kier alpha value is -2.33. The summed E-state index contributed by atoms with van der Waals surface area (Å²) in [6.45, 7) is -3.50. The van der Waals surface area contributed by atoms with Crippen LogP contribution in [0.25, 0.3) is 10.9 Å². The smallest absolute Gasteiger partial charge is 0.310 e. The summed E-state index contributed by atoms with van der Waals surface area (Å²) in [5, 5.41) is 10.8. The van der Waals surface area contributed by atoms with E-state index in [0.717, 1.165) is 61.4 Å². The van der Waals surface area contributed by atoms with Crippen LogP contribution in [0.15, 0.2) is 48.7 Å². The van der Waals surface area contributed by atoms with Crippen molar-refractivity contribution in [2.45, 2.75) is 89.9 Å². The van der Waals surface area contributed by atoms with E-state index in [1.165, 1.54) is 19.3 Å². The van der Waals surface area contributed by atoms with Gasteiger partial charge < -0.3 is 15.0 Å². The number of unbranched alkanes of at least 4 members (excludes halogenated alkanes) is 7. The molecule has 1 heterocycles. The van der Waals surface area contributed by atoms with E-state index in [1.807, 2.05) is 18.2 Å². The number of rotatable bonds is 18. The first kappa shape index (κ1) is 19.9. The summed E-state index contributed by atoms with van der Waals surface area (Å²) in [6, 6.07) is 5.48. The van der Waals surface area contributed by atoms with E-state index >= 15 is 0 Å².